The average molecular weight is 289 g/mol. The van der Waals surface area contributed by atoms with E-state index in [-0.39, 0.29) is 0 Å². The number of nitrogens with zero attached hydrogens (tertiary/aromatic N) is 1. The highest BCUT2D eigenvalue weighted by Crippen LogP contribution is 2.33. The number of hydrogen-bond acceptors (Lipinski definition) is 2. The molecular weight excluding hydrogens is 268 g/mol. The van der Waals surface area contributed by atoms with E-state index in [1.54, 1.807) is 0 Å². The lowest BCUT2D eigenvalue weighted by Gasteiger charge is -2.32. The number of pyridine rings is 1. The predicted octanol–water partition coefficient (Wildman–Crippen LogP) is 5.12. The lowest BCUT2D eigenvalue weighted by atomic mass is 9.80. The molecule has 1 aromatic carbocycles. The van der Waals surface area contributed by atoms with Gasteiger partial charge >= 0.3 is 0 Å². The number of aromatic nitrogens is 1. The van der Waals surface area contributed by atoms with E-state index in [1.807, 2.05) is 24.4 Å². The lowest BCUT2D eigenvalue weighted by Crippen LogP contribution is -2.30. The standard InChI is InChI=1S/C17H21ClN2/c1-11-8-12(2)10-13(9-11)20-16-6-5-15(18)14-4-3-7-19-17(14)16/h3-7,11-13,20H,8-10H2,1-2H3. The molecule has 0 bridgehead atoms. The molecule has 1 heterocycles. The quantitative estimate of drug-likeness (QED) is 0.829. The van der Waals surface area contributed by atoms with E-state index in [0.29, 0.717) is 6.04 Å². The molecule has 0 amide bonds. The minimum absolute atomic E-state index is 0.542. The molecule has 1 aliphatic rings. The molecule has 2 nitrogen and oxygen atoms in total. The van der Waals surface area contributed by atoms with Gasteiger partial charge in [0.2, 0.25) is 0 Å². The van der Waals surface area contributed by atoms with Gasteiger partial charge in [-0.2, -0.15) is 0 Å². The summed E-state index contributed by atoms with van der Waals surface area (Å²) in [5, 5.41) is 5.48. The first-order chi connectivity index (χ1) is 9.63. The minimum atomic E-state index is 0.542. The molecule has 106 valence electrons. The van der Waals surface area contributed by atoms with Crippen molar-refractivity contribution in [2.24, 2.45) is 11.8 Å². The van der Waals surface area contributed by atoms with Crippen molar-refractivity contribution >= 4 is 28.2 Å². The van der Waals surface area contributed by atoms with Gasteiger partial charge in [0.25, 0.3) is 0 Å². The highest BCUT2D eigenvalue weighted by atomic mass is 35.5. The van der Waals surface area contributed by atoms with Crippen LogP contribution in [0.1, 0.15) is 33.1 Å². The molecule has 1 saturated carbocycles. The summed E-state index contributed by atoms with van der Waals surface area (Å²) in [5.41, 5.74) is 2.09. The Morgan fingerprint density at radius 3 is 2.60 bits per heavy atom. The van der Waals surface area contributed by atoms with E-state index < -0.39 is 0 Å². The van der Waals surface area contributed by atoms with E-state index in [2.05, 4.69) is 30.2 Å². The van der Waals surface area contributed by atoms with E-state index in [9.17, 15) is 0 Å². The second-order valence-corrected chi connectivity index (χ2v) is 6.66. The largest absolute Gasteiger partial charge is 0.381 e. The maximum Gasteiger partial charge on any atom is 0.0948 e. The fourth-order valence-electron chi connectivity index (χ4n) is 3.54. The third-order valence-electron chi connectivity index (χ3n) is 4.25. The highest BCUT2D eigenvalue weighted by molar-refractivity contribution is 6.35. The summed E-state index contributed by atoms with van der Waals surface area (Å²) in [6.07, 6.45) is 5.65. The molecule has 1 fully saturated rings. The first-order valence-corrected chi connectivity index (χ1v) is 7.81. The number of anilines is 1. The zero-order valence-corrected chi connectivity index (χ0v) is 12.8. The Hall–Kier alpha value is -1.28. The second kappa shape index (κ2) is 5.61. The van der Waals surface area contributed by atoms with Gasteiger partial charge in [-0.3, -0.25) is 4.98 Å². The van der Waals surface area contributed by atoms with Crippen molar-refractivity contribution in [3.8, 4) is 0 Å². The van der Waals surface area contributed by atoms with Crippen molar-refractivity contribution in [3.63, 3.8) is 0 Å². The minimum Gasteiger partial charge on any atom is -0.381 e. The van der Waals surface area contributed by atoms with Crippen LogP contribution in [0.15, 0.2) is 30.5 Å². The molecule has 3 rings (SSSR count). The number of halogens is 1. The monoisotopic (exact) mass is 288 g/mol. The van der Waals surface area contributed by atoms with Crippen molar-refractivity contribution < 1.29 is 0 Å². The van der Waals surface area contributed by atoms with Crippen LogP contribution >= 0.6 is 11.6 Å². The third-order valence-corrected chi connectivity index (χ3v) is 4.58. The number of hydrogen-bond donors (Lipinski definition) is 1. The summed E-state index contributed by atoms with van der Waals surface area (Å²) in [4.78, 5) is 4.50. The highest BCUT2D eigenvalue weighted by Gasteiger charge is 2.24. The van der Waals surface area contributed by atoms with Crippen LogP contribution in [-0.2, 0) is 0 Å². The Labute approximate surface area is 125 Å². The fourth-order valence-corrected chi connectivity index (χ4v) is 3.75. The molecule has 0 radical (unpaired) electrons. The lowest BCUT2D eigenvalue weighted by molar-refractivity contribution is 0.281. The van der Waals surface area contributed by atoms with Crippen LogP contribution in [0.2, 0.25) is 5.02 Å². The van der Waals surface area contributed by atoms with Gasteiger partial charge in [0.15, 0.2) is 0 Å². The molecule has 2 aromatic rings. The zero-order chi connectivity index (χ0) is 14.1. The summed E-state index contributed by atoms with van der Waals surface area (Å²) < 4.78 is 0. The molecule has 20 heavy (non-hydrogen) atoms. The summed E-state index contributed by atoms with van der Waals surface area (Å²) >= 11 is 6.25. The Morgan fingerprint density at radius 2 is 1.85 bits per heavy atom. The van der Waals surface area contributed by atoms with Crippen molar-refractivity contribution in [1.82, 2.24) is 4.98 Å². The second-order valence-electron chi connectivity index (χ2n) is 6.25. The Morgan fingerprint density at radius 1 is 1.10 bits per heavy atom. The van der Waals surface area contributed by atoms with Crippen molar-refractivity contribution in [2.45, 2.75) is 39.2 Å². The Balaban J connectivity index is 1.89. The van der Waals surface area contributed by atoms with Crippen LogP contribution in [0.4, 0.5) is 5.69 Å². The van der Waals surface area contributed by atoms with Crippen molar-refractivity contribution in [3.05, 3.63) is 35.5 Å². The first-order valence-electron chi connectivity index (χ1n) is 7.43. The van der Waals surface area contributed by atoms with Gasteiger partial charge in [0.05, 0.1) is 16.2 Å². The summed E-state index contributed by atoms with van der Waals surface area (Å²) in [6.45, 7) is 4.70. The molecule has 0 aliphatic heterocycles. The van der Waals surface area contributed by atoms with E-state index >= 15 is 0 Å². The molecule has 2 atom stereocenters. The first kappa shape index (κ1) is 13.7. The van der Waals surface area contributed by atoms with Gasteiger partial charge in [0.1, 0.15) is 0 Å². The number of rotatable bonds is 2. The Kier molecular flexibility index (Phi) is 3.84. The van der Waals surface area contributed by atoms with Gasteiger partial charge in [0, 0.05) is 17.6 Å². The van der Waals surface area contributed by atoms with E-state index in [4.69, 9.17) is 11.6 Å². The van der Waals surface area contributed by atoms with Crippen LogP contribution in [-0.4, -0.2) is 11.0 Å². The zero-order valence-electron chi connectivity index (χ0n) is 12.1. The summed E-state index contributed by atoms with van der Waals surface area (Å²) in [6, 6.07) is 8.52. The number of benzene rings is 1. The maximum atomic E-state index is 6.25. The third kappa shape index (κ3) is 2.76. The van der Waals surface area contributed by atoms with Crippen LogP contribution in [0.5, 0.6) is 0 Å². The molecule has 1 N–H and O–H groups in total. The molecular formula is C17H21ClN2. The molecule has 1 aliphatic carbocycles. The normalized spacial score (nSPS) is 26.6. The van der Waals surface area contributed by atoms with Gasteiger partial charge in [-0.25, -0.2) is 0 Å². The SMILES string of the molecule is CC1CC(C)CC(Nc2ccc(Cl)c3cccnc23)C1. The molecule has 2 unspecified atom stereocenters. The van der Waals surface area contributed by atoms with E-state index in [1.165, 1.54) is 19.3 Å². The van der Waals surface area contributed by atoms with Crippen LogP contribution in [0, 0.1) is 11.8 Å². The summed E-state index contributed by atoms with van der Waals surface area (Å²) in [7, 11) is 0. The van der Waals surface area contributed by atoms with Crippen LogP contribution in [0.25, 0.3) is 10.9 Å². The van der Waals surface area contributed by atoms with Crippen LogP contribution < -0.4 is 5.32 Å². The van der Waals surface area contributed by atoms with Gasteiger partial charge in [-0.05, 0) is 55.4 Å². The Bertz CT molecular complexity index is 601. The van der Waals surface area contributed by atoms with Crippen molar-refractivity contribution in [2.75, 3.05) is 5.32 Å². The molecule has 0 spiro atoms. The van der Waals surface area contributed by atoms with Gasteiger partial charge in [-0.15, -0.1) is 0 Å². The number of fused-ring (bicyclic) bond motifs is 1. The average Bonchev–Trinajstić information content (AvgIpc) is 2.41. The van der Waals surface area contributed by atoms with Crippen molar-refractivity contribution in [1.29, 1.82) is 0 Å². The molecule has 0 saturated heterocycles. The fraction of sp³-hybridized carbons (Fsp3) is 0.471. The molecule has 3 heteroatoms. The smallest absolute Gasteiger partial charge is 0.0948 e. The topological polar surface area (TPSA) is 24.9 Å². The number of nitrogens with one attached hydrogen (secondary N) is 1. The summed E-state index contributed by atoms with van der Waals surface area (Å²) in [5.74, 6) is 1.59. The predicted molar refractivity (Wildman–Crippen MR) is 86.3 cm³/mol. The van der Waals surface area contributed by atoms with Crippen LogP contribution in [0.3, 0.4) is 0 Å². The van der Waals surface area contributed by atoms with Gasteiger partial charge < -0.3 is 5.32 Å². The van der Waals surface area contributed by atoms with E-state index in [0.717, 1.165) is 33.4 Å². The van der Waals surface area contributed by atoms with Gasteiger partial charge in [-0.1, -0.05) is 25.4 Å². The maximum absolute atomic E-state index is 6.25. The molecule has 1 aromatic heterocycles.